The highest BCUT2D eigenvalue weighted by atomic mass is 35.5. The van der Waals surface area contributed by atoms with Gasteiger partial charge in [0.2, 0.25) is 11.9 Å². The Balaban J connectivity index is 1.72. The number of fused-ring (bicyclic) bond motifs is 1. The van der Waals surface area contributed by atoms with Gasteiger partial charge in [0.1, 0.15) is 10.8 Å². The first-order valence-corrected chi connectivity index (χ1v) is 11.1. The summed E-state index contributed by atoms with van der Waals surface area (Å²) in [5.41, 5.74) is 3.36. The Labute approximate surface area is 202 Å². The maximum Gasteiger partial charge on any atom is 0.253 e. The summed E-state index contributed by atoms with van der Waals surface area (Å²) in [5.74, 6) is 1.14. The number of aromatic nitrogens is 2. The summed E-state index contributed by atoms with van der Waals surface area (Å²) in [7, 11) is 4.99. The van der Waals surface area contributed by atoms with Gasteiger partial charge >= 0.3 is 0 Å². The number of methoxy groups -OCH3 is 1. The molecule has 3 N–H and O–H groups in total. The fourth-order valence-electron chi connectivity index (χ4n) is 3.87. The van der Waals surface area contributed by atoms with Crippen LogP contribution in [0.5, 0.6) is 5.75 Å². The second-order valence-corrected chi connectivity index (χ2v) is 8.12. The highest BCUT2D eigenvalue weighted by Crippen LogP contribution is 2.40. The van der Waals surface area contributed by atoms with E-state index in [1.54, 1.807) is 37.3 Å². The third-order valence-corrected chi connectivity index (χ3v) is 5.88. The molecule has 10 heteroatoms. The van der Waals surface area contributed by atoms with Gasteiger partial charge in [-0.05, 0) is 37.1 Å². The Morgan fingerprint density at radius 1 is 1.21 bits per heavy atom. The largest absolute Gasteiger partial charge is 0.496 e. The Morgan fingerprint density at radius 3 is 2.76 bits per heavy atom. The lowest BCUT2D eigenvalue weighted by Crippen LogP contribution is -2.20. The SMILES string of the molecule is CNC(=O)c1ccccc1Nc1nc(N(C)c2ccc(OC)c3c2NC(=O)CCC3)ncc1Cl. The Bertz CT molecular complexity index is 1250. The Hall–Kier alpha value is -3.85. The molecular formula is C24H25ClN6O3. The topological polar surface area (TPSA) is 108 Å². The van der Waals surface area contributed by atoms with Gasteiger partial charge in [-0.1, -0.05) is 23.7 Å². The average Bonchev–Trinajstić information content (AvgIpc) is 3.05. The lowest BCUT2D eigenvalue weighted by atomic mass is 10.0. The first-order chi connectivity index (χ1) is 16.4. The molecule has 3 aromatic rings. The van der Waals surface area contributed by atoms with Crippen molar-refractivity contribution in [2.75, 3.05) is 36.7 Å². The molecule has 2 aromatic carbocycles. The minimum atomic E-state index is -0.234. The number of rotatable bonds is 6. The molecule has 2 heterocycles. The summed E-state index contributed by atoms with van der Waals surface area (Å²) < 4.78 is 5.52. The van der Waals surface area contributed by atoms with Crippen LogP contribution in [0, 0.1) is 0 Å². The van der Waals surface area contributed by atoms with Crippen molar-refractivity contribution in [3.05, 3.63) is 58.7 Å². The molecular weight excluding hydrogens is 456 g/mol. The monoisotopic (exact) mass is 480 g/mol. The van der Waals surface area contributed by atoms with E-state index in [9.17, 15) is 9.59 Å². The van der Waals surface area contributed by atoms with E-state index >= 15 is 0 Å². The highest BCUT2D eigenvalue weighted by Gasteiger charge is 2.23. The molecule has 0 saturated carbocycles. The van der Waals surface area contributed by atoms with Crippen LogP contribution in [0.2, 0.25) is 5.02 Å². The summed E-state index contributed by atoms with van der Waals surface area (Å²) in [6, 6.07) is 10.8. The average molecular weight is 481 g/mol. The fourth-order valence-corrected chi connectivity index (χ4v) is 4.01. The zero-order chi connectivity index (χ0) is 24.2. The third-order valence-electron chi connectivity index (χ3n) is 5.61. The van der Waals surface area contributed by atoms with E-state index < -0.39 is 0 Å². The van der Waals surface area contributed by atoms with Crippen LogP contribution in [0.25, 0.3) is 0 Å². The van der Waals surface area contributed by atoms with Crippen LogP contribution < -0.4 is 25.6 Å². The molecule has 176 valence electrons. The molecule has 1 aromatic heterocycles. The van der Waals surface area contributed by atoms with Crippen LogP contribution in [0.15, 0.2) is 42.6 Å². The summed E-state index contributed by atoms with van der Waals surface area (Å²) in [4.78, 5) is 35.3. The summed E-state index contributed by atoms with van der Waals surface area (Å²) in [6.45, 7) is 0. The van der Waals surface area contributed by atoms with Gasteiger partial charge in [-0.2, -0.15) is 4.98 Å². The number of halogens is 1. The summed E-state index contributed by atoms with van der Waals surface area (Å²) in [6.07, 6.45) is 3.38. The summed E-state index contributed by atoms with van der Waals surface area (Å²) in [5, 5.41) is 9.07. The number of nitrogens with zero attached hydrogens (tertiary/aromatic N) is 3. The molecule has 0 fully saturated rings. The van der Waals surface area contributed by atoms with Crippen LogP contribution in [0.3, 0.4) is 0 Å². The van der Waals surface area contributed by atoms with Crippen molar-refractivity contribution in [2.45, 2.75) is 19.3 Å². The number of amides is 2. The maximum atomic E-state index is 12.3. The molecule has 0 unspecified atom stereocenters. The van der Waals surface area contributed by atoms with Gasteiger partial charge in [-0.25, -0.2) is 4.98 Å². The second kappa shape index (κ2) is 9.96. The van der Waals surface area contributed by atoms with Crippen LogP contribution in [-0.2, 0) is 11.2 Å². The molecule has 2 amide bonds. The number of carbonyl (C=O) groups excluding carboxylic acids is 2. The zero-order valence-corrected chi connectivity index (χ0v) is 19.9. The minimum Gasteiger partial charge on any atom is -0.496 e. The molecule has 4 rings (SSSR count). The molecule has 34 heavy (non-hydrogen) atoms. The van der Waals surface area contributed by atoms with Crippen LogP contribution >= 0.6 is 11.6 Å². The van der Waals surface area contributed by atoms with Crippen LogP contribution in [0.4, 0.5) is 28.8 Å². The Morgan fingerprint density at radius 2 is 2.00 bits per heavy atom. The summed E-state index contributed by atoms with van der Waals surface area (Å²) >= 11 is 6.38. The van der Waals surface area contributed by atoms with E-state index in [4.69, 9.17) is 16.3 Å². The van der Waals surface area contributed by atoms with E-state index in [2.05, 4.69) is 25.9 Å². The van der Waals surface area contributed by atoms with E-state index in [0.29, 0.717) is 46.6 Å². The van der Waals surface area contributed by atoms with Gasteiger partial charge in [0.15, 0.2) is 5.82 Å². The van der Waals surface area contributed by atoms with Crippen molar-refractivity contribution >= 4 is 52.2 Å². The molecule has 0 spiro atoms. The van der Waals surface area contributed by atoms with Crippen molar-refractivity contribution in [2.24, 2.45) is 0 Å². The standard InChI is InChI=1S/C24H25ClN6O3/c1-26-23(33)14-7-4-5-9-17(14)28-22-16(25)13-27-24(30-22)31(2)18-11-12-19(34-3)15-8-6-10-20(32)29-21(15)18/h4-5,7,9,11-13H,6,8,10H2,1-3H3,(H,26,33)(H,29,32)(H,27,28,30). The third kappa shape index (κ3) is 4.60. The van der Waals surface area contributed by atoms with Crippen molar-refractivity contribution < 1.29 is 14.3 Å². The van der Waals surface area contributed by atoms with Gasteiger partial charge in [-0.15, -0.1) is 0 Å². The predicted molar refractivity (Wildman–Crippen MR) is 133 cm³/mol. The number of hydrogen-bond donors (Lipinski definition) is 3. The second-order valence-electron chi connectivity index (χ2n) is 7.72. The van der Waals surface area contributed by atoms with E-state index in [1.807, 2.05) is 25.2 Å². The zero-order valence-electron chi connectivity index (χ0n) is 19.1. The van der Waals surface area contributed by atoms with Gasteiger partial charge in [-0.3, -0.25) is 9.59 Å². The van der Waals surface area contributed by atoms with Crippen molar-refractivity contribution in [1.82, 2.24) is 15.3 Å². The molecule has 9 nitrogen and oxygen atoms in total. The number of para-hydroxylation sites is 1. The smallest absolute Gasteiger partial charge is 0.253 e. The highest BCUT2D eigenvalue weighted by molar-refractivity contribution is 6.33. The van der Waals surface area contributed by atoms with Crippen LogP contribution in [-0.4, -0.2) is 43.0 Å². The predicted octanol–water partition coefficient (Wildman–Crippen LogP) is 4.28. The molecule has 0 bridgehead atoms. The first kappa shape index (κ1) is 23.3. The van der Waals surface area contributed by atoms with Gasteiger partial charge in [0.25, 0.3) is 5.91 Å². The molecule has 0 aliphatic carbocycles. The number of benzene rings is 2. The Kier molecular flexibility index (Phi) is 6.83. The van der Waals surface area contributed by atoms with Gasteiger partial charge in [0, 0.05) is 26.1 Å². The van der Waals surface area contributed by atoms with E-state index in [0.717, 1.165) is 23.4 Å². The van der Waals surface area contributed by atoms with E-state index in [-0.39, 0.29) is 11.8 Å². The molecule has 0 atom stereocenters. The van der Waals surface area contributed by atoms with Crippen molar-refractivity contribution in [1.29, 1.82) is 0 Å². The number of nitrogens with one attached hydrogen (secondary N) is 3. The van der Waals surface area contributed by atoms with Gasteiger partial charge < -0.3 is 25.6 Å². The van der Waals surface area contributed by atoms with Crippen molar-refractivity contribution in [3.63, 3.8) is 0 Å². The fraction of sp³-hybridized carbons (Fsp3) is 0.250. The molecule has 1 aliphatic rings. The number of hydrogen-bond acceptors (Lipinski definition) is 7. The molecule has 1 aliphatic heterocycles. The minimum absolute atomic E-state index is 0.0492. The van der Waals surface area contributed by atoms with Crippen molar-refractivity contribution in [3.8, 4) is 5.75 Å². The quantitative estimate of drug-likeness (QED) is 0.483. The van der Waals surface area contributed by atoms with Crippen LogP contribution in [0.1, 0.15) is 28.8 Å². The lowest BCUT2D eigenvalue weighted by molar-refractivity contribution is -0.116. The first-order valence-electron chi connectivity index (χ1n) is 10.8. The number of ether oxygens (including phenoxy) is 1. The number of carbonyl (C=O) groups is 2. The molecule has 0 radical (unpaired) electrons. The van der Waals surface area contributed by atoms with Gasteiger partial charge in [0.05, 0.1) is 35.9 Å². The normalized spacial score (nSPS) is 12.8. The maximum absolute atomic E-state index is 12.3. The lowest BCUT2D eigenvalue weighted by Gasteiger charge is -2.24. The number of anilines is 5. The van der Waals surface area contributed by atoms with E-state index in [1.165, 1.54) is 6.20 Å². The molecule has 0 saturated heterocycles.